The van der Waals surface area contributed by atoms with Gasteiger partial charge < -0.3 is 4.74 Å². The highest BCUT2D eigenvalue weighted by atomic mass is 79.9. The number of alkyl halides is 1. The van der Waals surface area contributed by atoms with E-state index in [1.165, 1.54) is 20.9 Å². The molecule has 1 nitrogen and oxygen atoms in total. The maximum Gasteiger partial charge on any atom is 0.0877 e. The van der Waals surface area contributed by atoms with E-state index in [4.69, 9.17) is 16.3 Å². The Morgan fingerprint density at radius 3 is 2.90 bits per heavy atom. The molecule has 1 aliphatic heterocycles. The van der Waals surface area contributed by atoms with Crippen molar-refractivity contribution < 1.29 is 4.74 Å². The molecule has 20 heavy (non-hydrogen) atoms. The van der Waals surface area contributed by atoms with E-state index in [-0.39, 0.29) is 6.10 Å². The second-order valence-electron chi connectivity index (χ2n) is 4.64. The van der Waals surface area contributed by atoms with Gasteiger partial charge in [0, 0.05) is 26.6 Å². The minimum absolute atomic E-state index is 0.0670. The van der Waals surface area contributed by atoms with Crippen LogP contribution < -0.4 is 0 Å². The van der Waals surface area contributed by atoms with Crippen LogP contribution in [-0.2, 0) is 11.2 Å². The SMILES string of the molecule is Clc1ccc2c(c1)C(OCCBr)Cc1ccccc1S2. The topological polar surface area (TPSA) is 9.23 Å². The van der Waals surface area contributed by atoms with E-state index in [1.807, 2.05) is 12.1 Å². The van der Waals surface area contributed by atoms with Gasteiger partial charge in [0.1, 0.15) is 0 Å². The van der Waals surface area contributed by atoms with Crippen LogP contribution in [0.4, 0.5) is 0 Å². The molecule has 0 saturated heterocycles. The van der Waals surface area contributed by atoms with E-state index in [0.717, 1.165) is 16.8 Å². The maximum absolute atomic E-state index is 6.17. The largest absolute Gasteiger partial charge is 0.372 e. The molecule has 0 aliphatic carbocycles. The van der Waals surface area contributed by atoms with Gasteiger partial charge in [-0.1, -0.05) is 57.5 Å². The fourth-order valence-corrected chi connectivity index (χ4v) is 3.88. The fraction of sp³-hybridized carbons (Fsp3) is 0.250. The lowest BCUT2D eigenvalue weighted by Crippen LogP contribution is -2.09. The van der Waals surface area contributed by atoms with Gasteiger partial charge in [0.15, 0.2) is 0 Å². The van der Waals surface area contributed by atoms with Crippen molar-refractivity contribution in [2.45, 2.75) is 22.3 Å². The molecule has 2 aromatic rings. The quantitative estimate of drug-likeness (QED) is 0.661. The number of halogens is 2. The first-order chi connectivity index (χ1) is 9.78. The lowest BCUT2D eigenvalue weighted by molar-refractivity contribution is 0.0634. The molecule has 0 amide bonds. The Morgan fingerprint density at radius 2 is 2.05 bits per heavy atom. The summed E-state index contributed by atoms with van der Waals surface area (Å²) in [5.41, 5.74) is 2.53. The van der Waals surface area contributed by atoms with E-state index in [0.29, 0.717) is 6.61 Å². The van der Waals surface area contributed by atoms with Crippen molar-refractivity contribution in [2.24, 2.45) is 0 Å². The highest BCUT2D eigenvalue weighted by molar-refractivity contribution is 9.09. The predicted molar refractivity (Wildman–Crippen MR) is 88.2 cm³/mol. The lowest BCUT2D eigenvalue weighted by Gasteiger charge is -2.18. The molecule has 2 aromatic carbocycles. The molecule has 0 aromatic heterocycles. The minimum Gasteiger partial charge on any atom is -0.372 e. The third kappa shape index (κ3) is 3.06. The van der Waals surface area contributed by atoms with Gasteiger partial charge in [-0.05, 0) is 35.4 Å². The molecule has 104 valence electrons. The number of rotatable bonds is 3. The average Bonchev–Trinajstić information content (AvgIpc) is 2.61. The summed E-state index contributed by atoms with van der Waals surface area (Å²) in [5, 5.41) is 1.61. The van der Waals surface area contributed by atoms with Crippen molar-refractivity contribution in [3.63, 3.8) is 0 Å². The first-order valence-electron chi connectivity index (χ1n) is 6.50. The Hall–Kier alpha value is -0.480. The van der Waals surface area contributed by atoms with Crippen LogP contribution in [0.3, 0.4) is 0 Å². The average molecular weight is 370 g/mol. The number of hydrogen-bond donors (Lipinski definition) is 0. The smallest absolute Gasteiger partial charge is 0.0877 e. The van der Waals surface area contributed by atoms with E-state index in [1.54, 1.807) is 11.8 Å². The van der Waals surface area contributed by atoms with Gasteiger partial charge in [-0.25, -0.2) is 0 Å². The molecule has 3 rings (SSSR count). The monoisotopic (exact) mass is 368 g/mol. The maximum atomic E-state index is 6.17. The summed E-state index contributed by atoms with van der Waals surface area (Å²) in [6.07, 6.45) is 0.959. The zero-order chi connectivity index (χ0) is 13.9. The molecule has 0 spiro atoms. The van der Waals surface area contributed by atoms with Gasteiger partial charge in [0.25, 0.3) is 0 Å². The molecule has 0 fully saturated rings. The third-order valence-corrected chi connectivity index (χ3v) is 5.08. The zero-order valence-electron chi connectivity index (χ0n) is 10.8. The van der Waals surface area contributed by atoms with Gasteiger partial charge >= 0.3 is 0 Å². The van der Waals surface area contributed by atoms with Gasteiger partial charge in [0.05, 0.1) is 12.7 Å². The number of fused-ring (bicyclic) bond motifs is 2. The van der Waals surface area contributed by atoms with Crippen LogP contribution in [0.1, 0.15) is 17.2 Å². The first kappa shape index (κ1) is 14.5. The molecule has 0 radical (unpaired) electrons. The van der Waals surface area contributed by atoms with Crippen LogP contribution in [0.2, 0.25) is 5.02 Å². The van der Waals surface area contributed by atoms with Gasteiger partial charge in [0.2, 0.25) is 0 Å². The summed E-state index contributed by atoms with van der Waals surface area (Å²) in [4.78, 5) is 2.54. The fourth-order valence-electron chi connectivity index (χ4n) is 2.40. The molecule has 1 unspecified atom stereocenters. The van der Waals surface area contributed by atoms with Gasteiger partial charge in [-0.2, -0.15) is 0 Å². The van der Waals surface area contributed by atoms with Crippen molar-refractivity contribution in [2.75, 3.05) is 11.9 Å². The van der Waals surface area contributed by atoms with Crippen LogP contribution >= 0.6 is 39.3 Å². The Morgan fingerprint density at radius 1 is 1.20 bits per heavy atom. The van der Waals surface area contributed by atoms with E-state index in [9.17, 15) is 0 Å². The highest BCUT2D eigenvalue weighted by Crippen LogP contribution is 2.42. The minimum atomic E-state index is 0.0670. The molecular weight excluding hydrogens is 356 g/mol. The van der Waals surface area contributed by atoms with Crippen molar-refractivity contribution in [3.05, 3.63) is 58.6 Å². The zero-order valence-corrected chi connectivity index (χ0v) is 14.0. The third-order valence-electron chi connectivity index (χ3n) is 3.31. The van der Waals surface area contributed by atoms with Crippen LogP contribution in [-0.4, -0.2) is 11.9 Å². The van der Waals surface area contributed by atoms with Gasteiger partial charge in [-0.15, -0.1) is 0 Å². The molecule has 1 aliphatic rings. The number of benzene rings is 2. The van der Waals surface area contributed by atoms with Crippen molar-refractivity contribution in [1.29, 1.82) is 0 Å². The summed E-state index contributed by atoms with van der Waals surface area (Å²) in [6, 6.07) is 14.6. The molecule has 0 N–H and O–H groups in total. The van der Waals surface area contributed by atoms with E-state index in [2.05, 4.69) is 46.3 Å². The summed E-state index contributed by atoms with van der Waals surface area (Å²) >= 11 is 11.4. The standard InChI is InChI=1S/C16H14BrClOS/c17-7-8-19-14-9-11-3-1-2-4-15(11)20-16-6-5-12(18)10-13(14)16/h1-6,10,14H,7-9H2. The number of hydrogen-bond acceptors (Lipinski definition) is 2. The Kier molecular flexibility index (Phi) is 4.72. The predicted octanol–water partition coefficient (Wildman–Crippen LogP) is 5.50. The molecule has 0 saturated carbocycles. The van der Waals surface area contributed by atoms with Crippen LogP contribution in [0.5, 0.6) is 0 Å². The molecule has 1 atom stereocenters. The van der Waals surface area contributed by atoms with Gasteiger partial charge in [-0.3, -0.25) is 0 Å². The molecule has 1 heterocycles. The second-order valence-corrected chi connectivity index (χ2v) is 6.96. The molecule has 0 bridgehead atoms. The van der Waals surface area contributed by atoms with E-state index >= 15 is 0 Å². The highest BCUT2D eigenvalue weighted by Gasteiger charge is 2.23. The summed E-state index contributed by atoms with van der Waals surface area (Å²) in [7, 11) is 0. The lowest BCUT2D eigenvalue weighted by atomic mass is 10.0. The van der Waals surface area contributed by atoms with Crippen molar-refractivity contribution in [1.82, 2.24) is 0 Å². The van der Waals surface area contributed by atoms with Crippen LogP contribution in [0, 0.1) is 0 Å². The van der Waals surface area contributed by atoms with Crippen LogP contribution in [0.25, 0.3) is 0 Å². The van der Waals surface area contributed by atoms with Crippen molar-refractivity contribution >= 4 is 39.3 Å². The first-order valence-corrected chi connectivity index (χ1v) is 8.82. The normalized spacial score (nSPS) is 17.2. The summed E-state index contributed by atoms with van der Waals surface area (Å²) in [6.45, 7) is 0.698. The van der Waals surface area contributed by atoms with Crippen molar-refractivity contribution in [3.8, 4) is 0 Å². The number of ether oxygens (including phenoxy) is 1. The molecule has 4 heteroatoms. The Bertz CT molecular complexity index is 617. The second kappa shape index (κ2) is 6.52. The van der Waals surface area contributed by atoms with E-state index < -0.39 is 0 Å². The summed E-state index contributed by atoms with van der Waals surface area (Å²) < 4.78 is 6.03. The summed E-state index contributed by atoms with van der Waals surface area (Å²) in [5.74, 6) is 0. The molecular formula is C16H14BrClOS. The Balaban J connectivity index is 2.04. The Labute approximate surface area is 136 Å². The van der Waals surface area contributed by atoms with Crippen LogP contribution in [0.15, 0.2) is 52.3 Å².